The number of benzene rings is 1. The molecule has 1 heterocycles. The zero-order valence-electron chi connectivity index (χ0n) is 13.2. The summed E-state index contributed by atoms with van der Waals surface area (Å²) < 4.78 is 49.3. The molecule has 0 radical (unpaired) electrons. The normalized spacial score (nSPS) is 17.3. The third kappa shape index (κ3) is 5.44. The Morgan fingerprint density at radius 2 is 1.74 bits per heavy atom. The maximum Gasteiger partial charge on any atom is 0.390 e. The molecular formula is C15H22ClF3N2O2. The summed E-state index contributed by atoms with van der Waals surface area (Å²) in [6, 6.07) is 4.26. The van der Waals surface area contributed by atoms with Crippen molar-refractivity contribution in [3.63, 3.8) is 0 Å². The van der Waals surface area contributed by atoms with Gasteiger partial charge in [-0.2, -0.15) is 13.2 Å². The number of rotatable bonds is 5. The van der Waals surface area contributed by atoms with Gasteiger partial charge in [0.25, 0.3) is 0 Å². The first-order chi connectivity index (χ1) is 10.4. The van der Waals surface area contributed by atoms with Gasteiger partial charge in [-0.05, 0) is 17.7 Å². The van der Waals surface area contributed by atoms with E-state index in [1.54, 1.807) is 18.2 Å². The molecule has 132 valence electrons. The van der Waals surface area contributed by atoms with E-state index in [4.69, 9.17) is 9.47 Å². The van der Waals surface area contributed by atoms with Crippen molar-refractivity contribution in [2.45, 2.75) is 18.6 Å². The standard InChI is InChI=1S/C15H21F3N2O2.ClH/c1-21-13-4-3-11(9-14(13)22-2)12(10-15(16,17)18)20-7-5-19-6-8-20;/h3-4,9,12,19H,5-8,10H2,1-2H3;1H/t12-;/m1./s1. The van der Waals surface area contributed by atoms with Crippen LogP contribution in [0.4, 0.5) is 13.2 Å². The lowest BCUT2D eigenvalue weighted by molar-refractivity contribution is -0.148. The average molecular weight is 355 g/mol. The first-order valence-corrected chi connectivity index (χ1v) is 7.18. The first kappa shape index (κ1) is 19.9. The number of ether oxygens (including phenoxy) is 2. The third-order valence-corrected chi connectivity index (χ3v) is 3.81. The van der Waals surface area contributed by atoms with Crippen LogP contribution in [0.2, 0.25) is 0 Å². The smallest absolute Gasteiger partial charge is 0.390 e. The molecule has 8 heteroatoms. The number of nitrogens with one attached hydrogen (secondary N) is 1. The van der Waals surface area contributed by atoms with E-state index in [1.807, 2.05) is 4.90 Å². The van der Waals surface area contributed by atoms with Crippen molar-refractivity contribution in [2.75, 3.05) is 40.4 Å². The fourth-order valence-corrected chi connectivity index (χ4v) is 2.73. The van der Waals surface area contributed by atoms with Crippen molar-refractivity contribution < 1.29 is 22.6 Å². The summed E-state index contributed by atoms with van der Waals surface area (Å²) in [6.45, 7) is 2.58. The van der Waals surface area contributed by atoms with E-state index in [0.717, 1.165) is 0 Å². The highest BCUT2D eigenvalue weighted by atomic mass is 35.5. The van der Waals surface area contributed by atoms with E-state index in [0.29, 0.717) is 43.2 Å². The Hall–Kier alpha value is -1.18. The highest BCUT2D eigenvalue weighted by Gasteiger charge is 2.36. The molecule has 1 atom stereocenters. The summed E-state index contributed by atoms with van der Waals surface area (Å²) in [4.78, 5) is 1.87. The molecule has 2 rings (SSSR count). The second-order valence-electron chi connectivity index (χ2n) is 5.24. The van der Waals surface area contributed by atoms with E-state index in [2.05, 4.69) is 5.32 Å². The molecule has 4 nitrogen and oxygen atoms in total. The van der Waals surface area contributed by atoms with Gasteiger partial charge in [-0.1, -0.05) is 6.07 Å². The molecule has 0 aromatic heterocycles. The van der Waals surface area contributed by atoms with Crippen LogP contribution < -0.4 is 14.8 Å². The summed E-state index contributed by atoms with van der Waals surface area (Å²) in [5.41, 5.74) is 0.594. The monoisotopic (exact) mass is 354 g/mol. The fraction of sp³-hybridized carbons (Fsp3) is 0.600. The molecule has 23 heavy (non-hydrogen) atoms. The molecule has 1 aliphatic heterocycles. The molecule has 1 fully saturated rings. The zero-order chi connectivity index (χ0) is 16.2. The van der Waals surface area contributed by atoms with Gasteiger partial charge >= 0.3 is 6.18 Å². The van der Waals surface area contributed by atoms with Crippen LogP contribution in [0.5, 0.6) is 11.5 Å². The van der Waals surface area contributed by atoms with E-state index in [1.165, 1.54) is 14.2 Å². The van der Waals surface area contributed by atoms with Crippen LogP contribution in [-0.4, -0.2) is 51.5 Å². The number of alkyl halides is 3. The summed E-state index contributed by atoms with van der Waals surface area (Å²) >= 11 is 0. The second kappa shape index (κ2) is 8.61. The number of piperazine rings is 1. The van der Waals surface area contributed by atoms with E-state index in [9.17, 15) is 13.2 Å². The number of hydrogen-bond acceptors (Lipinski definition) is 4. The second-order valence-corrected chi connectivity index (χ2v) is 5.24. The lowest BCUT2D eigenvalue weighted by Crippen LogP contribution is -2.46. The summed E-state index contributed by atoms with van der Waals surface area (Å²) in [5.74, 6) is 0.958. The lowest BCUT2D eigenvalue weighted by atomic mass is 10.00. The molecule has 1 aliphatic rings. The Morgan fingerprint density at radius 1 is 1.13 bits per heavy atom. The molecular weight excluding hydrogens is 333 g/mol. The fourth-order valence-electron chi connectivity index (χ4n) is 2.73. The van der Waals surface area contributed by atoms with Crippen LogP contribution in [0.25, 0.3) is 0 Å². The highest BCUT2D eigenvalue weighted by Crippen LogP contribution is 2.37. The van der Waals surface area contributed by atoms with Gasteiger partial charge in [0, 0.05) is 32.2 Å². The minimum absolute atomic E-state index is 0. The van der Waals surface area contributed by atoms with Crippen LogP contribution in [0.1, 0.15) is 18.0 Å². The van der Waals surface area contributed by atoms with Gasteiger partial charge in [0.15, 0.2) is 11.5 Å². The van der Waals surface area contributed by atoms with Gasteiger partial charge in [0.1, 0.15) is 0 Å². The molecule has 0 saturated carbocycles. The molecule has 0 bridgehead atoms. The summed E-state index contributed by atoms with van der Waals surface area (Å²) in [6.07, 6.45) is -5.09. The Morgan fingerprint density at radius 3 is 2.26 bits per heavy atom. The average Bonchev–Trinajstić information content (AvgIpc) is 2.52. The number of methoxy groups -OCH3 is 2. The van der Waals surface area contributed by atoms with E-state index < -0.39 is 18.6 Å². The third-order valence-electron chi connectivity index (χ3n) is 3.81. The van der Waals surface area contributed by atoms with E-state index in [-0.39, 0.29) is 12.4 Å². The topological polar surface area (TPSA) is 33.7 Å². The van der Waals surface area contributed by atoms with Crippen molar-refractivity contribution in [2.24, 2.45) is 0 Å². The number of hydrogen-bond donors (Lipinski definition) is 1. The maximum atomic E-state index is 13.0. The molecule has 1 N–H and O–H groups in total. The molecule has 0 unspecified atom stereocenters. The summed E-state index contributed by atoms with van der Waals surface area (Å²) in [7, 11) is 2.98. The highest BCUT2D eigenvalue weighted by molar-refractivity contribution is 5.85. The molecule has 0 spiro atoms. The molecule has 1 saturated heterocycles. The molecule has 1 aromatic carbocycles. The van der Waals surface area contributed by atoms with Crippen molar-refractivity contribution >= 4 is 12.4 Å². The maximum absolute atomic E-state index is 13.0. The van der Waals surface area contributed by atoms with Crippen LogP contribution >= 0.6 is 12.4 Å². The molecule has 1 aromatic rings. The van der Waals surface area contributed by atoms with Crippen molar-refractivity contribution in [1.82, 2.24) is 10.2 Å². The quantitative estimate of drug-likeness (QED) is 0.881. The van der Waals surface area contributed by atoms with Gasteiger partial charge < -0.3 is 14.8 Å². The minimum Gasteiger partial charge on any atom is -0.493 e. The number of halogens is 4. The zero-order valence-corrected chi connectivity index (χ0v) is 14.0. The Balaban J connectivity index is 0.00000264. The van der Waals surface area contributed by atoms with Crippen LogP contribution in [0.15, 0.2) is 18.2 Å². The number of nitrogens with zero attached hydrogens (tertiary/aromatic N) is 1. The van der Waals surface area contributed by atoms with Gasteiger partial charge in [-0.25, -0.2) is 0 Å². The predicted octanol–water partition coefficient (Wildman–Crippen LogP) is 3.02. The molecule has 0 aliphatic carbocycles. The van der Waals surface area contributed by atoms with Crippen LogP contribution in [-0.2, 0) is 0 Å². The minimum atomic E-state index is -4.22. The lowest BCUT2D eigenvalue weighted by Gasteiger charge is -2.35. The predicted molar refractivity (Wildman–Crippen MR) is 84.6 cm³/mol. The van der Waals surface area contributed by atoms with Crippen molar-refractivity contribution in [3.8, 4) is 11.5 Å². The van der Waals surface area contributed by atoms with Crippen LogP contribution in [0.3, 0.4) is 0 Å². The van der Waals surface area contributed by atoms with Gasteiger partial charge in [0.05, 0.1) is 20.6 Å². The van der Waals surface area contributed by atoms with Gasteiger partial charge in [-0.3, -0.25) is 4.90 Å². The van der Waals surface area contributed by atoms with Crippen LogP contribution in [0, 0.1) is 0 Å². The first-order valence-electron chi connectivity index (χ1n) is 7.18. The Bertz CT molecular complexity index is 494. The largest absolute Gasteiger partial charge is 0.493 e. The molecule has 0 amide bonds. The van der Waals surface area contributed by atoms with Gasteiger partial charge in [0.2, 0.25) is 0 Å². The van der Waals surface area contributed by atoms with Crippen molar-refractivity contribution in [1.29, 1.82) is 0 Å². The van der Waals surface area contributed by atoms with E-state index >= 15 is 0 Å². The Kier molecular flexibility index (Phi) is 7.44. The SMILES string of the molecule is COc1ccc([C@@H](CC(F)(F)F)N2CCNCC2)cc1OC.Cl. The van der Waals surface area contributed by atoms with Crippen molar-refractivity contribution in [3.05, 3.63) is 23.8 Å². The Labute approximate surface area is 140 Å². The summed E-state index contributed by atoms with van der Waals surface area (Å²) in [5, 5.41) is 3.16. The van der Waals surface area contributed by atoms with Gasteiger partial charge in [-0.15, -0.1) is 12.4 Å².